The van der Waals surface area contributed by atoms with Crippen molar-refractivity contribution >= 4 is 21.6 Å². The van der Waals surface area contributed by atoms with Gasteiger partial charge in [0.15, 0.2) is 0 Å². The minimum absolute atomic E-state index is 0.138. The number of nitrogens with zero attached hydrogens (tertiary/aromatic N) is 2. The van der Waals surface area contributed by atoms with Crippen molar-refractivity contribution in [2.24, 2.45) is 5.11 Å². The summed E-state index contributed by atoms with van der Waals surface area (Å²) in [7, 11) is 0. The fraction of sp³-hybridized carbons (Fsp3) is 0.238. The summed E-state index contributed by atoms with van der Waals surface area (Å²) in [5, 5.41) is 17.9. The van der Waals surface area contributed by atoms with Crippen LogP contribution in [0.3, 0.4) is 0 Å². The van der Waals surface area contributed by atoms with E-state index in [1.807, 2.05) is 59.3 Å². The van der Waals surface area contributed by atoms with Crippen LogP contribution in [0.2, 0.25) is 0 Å². The van der Waals surface area contributed by atoms with Crippen molar-refractivity contribution in [2.75, 3.05) is 0 Å². The van der Waals surface area contributed by atoms with Crippen LogP contribution in [0.15, 0.2) is 81.8 Å². The van der Waals surface area contributed by atoms with Gasteiger partial charge in [0, 0.05) is 16.1 Å². The third-order valence-corrected chi connectivity index (χ3v) is 5.98. The van der Waals surface area contributed by atoms with E-state index in [1.54, 1.807) is 0 Å². The van der Waals surface area contributed by atoms with Crippen molar-refractivity contribution in [2.45, 2.75) is 31.0 Å². The molecule has 26 heavy (non-hydrogen) atoms. The Morgan fingerprint density at radius 2 is 1.88 bits per heavy atom. The Bertz CT molecular complexity index is 981. The smallest absolute Gasteiger partial charge is 0.302 e. The van der Waals surface area contributed by atoms with Gasteiger partial charge in [0.05, 0.1) is 5.56 Å². The van der Waals surface area contributed by atoms with Gasteiger partial charge in [-0.3, -0.25) is 0 Å². The van der Waals surface area contributed by atoms with Gasteiger partial charge in [0.25, 0.3) is 5.70 Å². The second kappa shape index (κ2) is 5.81. The molecule has 0 saturated heterocycles. The second-order valence-corrected chi connectivity index (χ2v) is 7.69. The molecule has 5 heteroatoms. The normalized spacial score (nSPS) is 26.7. The van der Waals surface area contributed by atoms with Gasteiger partial charge in [-0.2, -0.15) is 0 Å². The Morgan fingerprint density at radius 1 is 1.12 bits per heavy atom. The van der Waals surface area contributed by atoms with Crippen LogP contribution in [0.4, 0.5) is 0 Å². The van der Waals surface area contributed by atoms with Crippen molar-refractivity contribution in [1.29, 1.82) is 0 Å². The highest BCUT2D eigenvalue weighted by molar-refractivity contribution is 9.10. The largest absolute Gasteiger partial charge is 0.542 e. The number of benzene rings is 2. The maximum Gasteiger partial charge on any atom is 0.302 e. The van der Waals surface area contributed by atoms with E-state index >= 15 is 0 Å². The van der Waals surface area contributed by atoms with E-state index in [-0.39, 0.29) is 12.0 Å². The van der Waals surface area contributed by atoms with Gasteiger partial charge in [-0.15, -0.1) is 0 Å². The minimum atomic E-state index is -0.987. The maximum atomic E-state index is 13.0. The highest BCUT2D eigenvalue weighted by Crippen LogP contribution is 2.49. The van der Waals surface area contributed by atoms with Gasteiger partial charge in [0.2, 0.25) is 0 Å². The van der Waals surface area contributed by atoms with E-state index in [0.717, 1.165) is 34.9 Å². The molecule has 1 saturated carbocycles. The molecule has 0 unspecified atom stereocenters. The molecule has 2 atom stereocenters. The Kier molecular flexibility index (Phi) is 3.54. The summed E-state index contributed by atoms with van der Waals surface area (Å²) in [4.78, 5) is 0. The standard InChI is InChI=1S/C21H17BrN2O2/c22-17-11-5-4-10-16(17)19-20(25)26-21(15-8-2-1-3-9-15)13-14-7-6-12-18(14)23-24(19)21/h1-5,8-11,13,18H,6-7,12H2/t18-,21-/m1/s1. The van der Waals surface area contributed by atoms with Crippen LogP contribution < -0.4 is 5.11 Å². The Hall–Kier alpha value is -2.40. The summed E-state index contributed by atoms with van der Waals surface area (Å²) in [6.07, 6.45) is 5.27. The van der Waals surface area contributed by atoms with Gasteiger partial charge >= 0.3 is 5.72 Å². The summed E-state index contributed by atoms with van der Waals surface area (Å²) in [5.74, 6) is -0.346. The summed E-state index contributed by atoms with van der Waals surface area (Å²) < 4.78 is 8.69. The van der Waals surface area contributed by atoms with Crippen LogP contribution in [-0.2, 0) is 10.5 Å². The SMILES string of the molecule is [O-]C1=C(c2ccccc2Br)[N+]2=N[C@@H]3CCCC3=C[C@]2(c2ccccc2)O1. The molecular weight excluding hydrogens is 392 g/mol. The molecule has 1 aliphatic carbocycles. The molecule has 2 heterocycles. The molecule has 2 aromatic rings. The lowest BCUT2D eigenvalue weighted by Crippen LogP contribution is -2.38. The van der Waals surface area contributed by atoms with E-state index < -0.39 is 5.72 Å². The molecule has 4 nitrogen and oxygen atoms in total. The first-order chi connectivity index (χ1) is 12.7. The molecule has 0 amide bonds. The van der Waals surface area contributed by atoms with Crippen LogP contribution in [0.1, 0.15) is 30.4 Å². The zero-order chi connectivity index (χ0) is 17.7. The van der Waals surface area contributed by atoms with Gasteiger partial charge in [-0.25, -0.2) is 0 Å². The zero-order valence-corrected chi connectivity index (χ0v) is 15.6. The van der Waals surface area contributed by atoms with Crippen molar-refractivity contribution in [3.05, 3.63) is 87.8 Å². The average molecular weight is 409 g/mol. The van der Waals surface area contributed by atoms with Gasteiger partial charge < -0.3 is 9.84 Å². The zero-order valence-electron chi connectivity index (χ0n) is 14.1. The van der Waals surface area contributed by atoms with E-state index in [4.69, 9.17) is 9.85 Å². The molecule has 2 aliphatic heterocycles. The predicted molar refractivity (Wildman–Crippen MR) is 98.7 cm³/mol. The van der Waals surface area contributed by atoms with Crippen molar-refractivity contribution in [3.63, 3.8) is 0 Å². The fourth-order valence-corrected chi connectivity index (χ4v) is 4.55. The molecule has 0 radical (unpaired) electrons. The number of azo groups is 2. The molecule has 5 rings (SSSR count). The van der Waals surface area contributed by atoms with Crippen LogP contribution >= 0.6 is 15.9 Å². The monoisotopic (exact) mass is 408 g/mol. The van der Waals surface area contributed by atoms with Gasteiger partial charge in [-0.05, 0) is 58.0 Å². The van der Waals surface area contributed by atoms with Crippen LogP contribution in [0.5, 0.6) is 0 Å². The van der Waals surface area contributed by atoms with E-state index in [9.17, 15) is 5.11 Å². The molecule has 0 spiro atoms. The Balaban J connectivity index is 1.74. The van der Waals surface area contributed by atoms with Gasteiger partial charge in [-0.1, -0.05) is 47.2 Å². The number of ether oxygens (including phenoxy) is 1. The van der Waals surface area contributed by atoms with Crippen molar-refractivity contribution in [3.8, 4) is 0 Å². The third kappa shape index (κ3) is 2.20. The first-order valence-electron chi connectivity index (χ1n) is 8.82. The van der Waals surface area contributed by atoms with Crippen LogP contribution in [-0.4, -0.2) is 10.7 Å². The first-order valence-corrected chi connectivity index (χ1v) is 9.62. The number of halogens is 1. The Morgan fingerprint density at radius 3 is 2.69 bits per heavy atom. The van der Waals surface area contributed by atoms with E-state index in [1.165, 1.54) is 5.57 Å². The first kappa shape index (κ1) is 15.8. The number of hydrogen-bond donors (Lipinski definition) is 0. The Labute approximate surface area is 160 Å². The maximum absolute atomic E-state index is 13.0. The van der Waals surface area contributed by atoms with Crippen LogP contribution in [0, 0.1) is 0 Å². The summed E-state index contributed by atoms with van der Waals surface area (Å²) in [6, 6.07) is 17.7. The molecule has 0 N–H and O–H groups in total. The highest BCUT2D eigenvalue weighted by atomic mass is 79.9. The predicted octanol–water partition coefficient (Wildman–Crippen LogP) is 4.28. The average Bonchev–Trinajstić information content (AvgIpc) is 3.22. The van der Waals surface area contributed by atoms with E-state index in [0.29, 0.717) is 5.70 Å². The molecule has 1 fully saturated rings. The molecule has 3 aliphatic rings. The fourth-order valence-electron chi connectivity index (χ4n) is 4.08. The lowest BCUT2D eigenvalue weighted by Gasteiger charge is -2.30. The lowest BCUT2D eigenvalue weighted by atomic mass is 9.95. The second-order valence-electron chi connectivity index (χ2n) is 6.83. The number of fused-ring (bicyclic) bond motifs is 2. The lowest BCUT2D eigenvalue weighted by molar-refractivity contribution is -0.627. The number of hydrogen-bond acceptors (Lipinski definition) is 3. The highest BCUT2D eigenvalue weighted by Gasteiger charge is 2.54. The third-order valence-electron chi connectivity index (χ3n) is 5.29. The van der Waals surface area contributed by atoms with Crippen LogP contribution in [0.25, 0.3) is 5.70 Å². The van der Waals surface area contributed by atoms with E-state index in [2.05, 4.69) is 22.0 Å². The molecule has 130 valence electrons. The van der Waals surface area contributed by atoms with Gasteiger partial charge in [0.1, 0.15) is 12.0 Å². The summed E-state index contributed by atoms with van der Waals surface area (Å²) in [6.45, 7) is 0. The summed E-state index contributed by atoms with van der Waals surface area (Å²) >= 11 is 3.57. The molecule has 2 aromatic carbocycles. The summed E-state index contributed by atoms with van der Waals surface area (Å²) in [5.41, 5.74) is 2.49. The number of rotatable bonds is 2. The molecular formula is C21H17BrN2O2. The quantitative estimate of drug-likeness (QED) is 0.549. The van der Waals surface area contributed by atoms with Crippen molar-refractivity contribution in [1.82, 2.24) is 0 Å². The minimum Gasteiger partial charge on any atom is -0.542 e. The van der Waals surface area contributed by atoms with Crippen molar-refractivity contribution < 1.29 is 14.5 Å². The molecule has 0 aromatic heterocycles. The topological polar surface area (TPSA) is 47.7 Å². The molecule has 0 bridgehead atoms.